The van der Waals surface area contributed by atoms with Gasteiger partial charge in [0.1, 0.15) is 0 Å². The molecule has 2 nitrogen and oxygen atoms in total. The molecule has 0 aromatic heterocycles. The van der Waals surface area contributed by atoms with Crippen LogP contribution in [0.2, 0.25) is 5.02 Å². The zero-order chi connectivity index (χ0) is 13.3. The smallest absolute Gasteiger partial charge is 0.371 e. The van der Waals surface area contributed by atoms with E-state index in [0.717, 1.165) is 37.7 Å². The van der Waals surface area contributed by atoms with Crippen molar-refractivity contribution in [1.82, 2.24) is 0 Å². The van der Waals surface area contributed by atoms with Crippen molar-refractivity contribution in [1.29, 1.82) is 0 Å². The molecule has 98 valence electrons. The minimum absolute atomic E-state index is 0.151. The molecule has 1 heterocycles. The number of anilines is 1. The summed E-state index contributed by atoms with van der Waals surface area (Å²) in [5.74, 6) is -1.90. The Labute approximate surface area is 107 Å². The normalized spacial score (nSPS) is 16.1. The van der Waals surface area contributed by atoms with Gasteiger partial charge in [0.2, 0.25) is 0 Å². The molecule has 0 atom stereocenters. The molecule has 1 aliphatic rings. The maximum absolute atomic E-state index is 12.3. The number of halogens is 4. The Hall–Kier alpha value is -1.23. The summed E-state index contributed by atoms with van der Waals surface area (Å²) in [7, 11) is 0. The summed E-state index contributed by atoms with van der Waals surface area (Å²) >= 11 is 5.76. The van der Waals surface area contributed by atoms with E-state index < -0.39 is 17.5 Å². The summed E-state index contributed by atoms with van der Waals surface area (Å²) in [6, 6.07) is 4.08. The largest absolute Gasteiger partial charge is 0.454 e. The van der Waals surface area contributed by atoms with Crippen molar-refractivity contribution in [3.63, 3.8) is 0 Å². The van der Waals surface area contributed by atoms with Crippen LogP contribution >= 0.6 is 11.6 Å². The van der Waals surface area contributed by atoms with Gasteiger partial charge in [0.25, 0.3) is 5.78 Å². The van der Waals surface area contributed by atoms with Gasteiger partial charge in [-0.15, -0.1) is 0 Å². The first-order valence-corrected chi connectivity index (χ1v) is 5.93. The second-order valence-electron chi connectivity index (χ2n) is 4.19. The molecule has 0 unspecified atom stereocenters. The van der Waals surface area contributed by atoms with Crippen molar-refractivity contribution in [3.05, 3.63) is 28.8 Å². The average molecular weight is 278 g/mol. The quantitative estimate of drug-likeness (QED) is 0.769. The number of alkyl halides is 3. The van der Waals surface area contributed by atoms with Crippen molar-refractivity contribution in [2.75, 3.05) is 18.0 Å². The van der Waals surface area contributed by atoms with Gasteiger partial charge in [-0.05, 0) is 31.0 Å². The number of carbonyl (C=O) groups excluding carboxylic acids is 1. The lowest BCUT2D eigenvalue weighted by Gasteiger charge is -2.18. The molecular formula is C12H11ClF3NO. The van der Waals surface area contributed by atoms with Gasteiger partial charge in [-0.25, -0.2) is 0 Å². The molecule has 0 amide bonds. The third kappa shape index (κ3) is 2.61. The molecule has 1 aliphatic heterocycles. The van der Waals surface area contributed by atoms with Gasteiger partial charge >= 0.3 is 6.18 Å². The second-order valence-corrected chi connectivity index (χ2v) is 4.59. The van der Waals surface area contributed by atoms with E-state index in [0.29, 0.717) is 0 Å². The lowest BCUT2D eigenvalue weighted by molar-refractivity contribution is -0.0885. The van der Waals surface area contributed by atoms with Crippen LogP contribution < -0.4 is 4.90 Å². The number of ketones is 1. The fraction of sp³-hybridized carbons (Fsp3) is 0.417. The van der Waals surface area contributed by atoms with Gasteiger partial charge in [-0.1, -0.05) is 11.6 Å². The van der Waals surface area contributed by atoms with Crippen LogP contribution in [0.5, 0.6) is 0 Å². The number of hydrogen-bond acceptors (Lipinski definition) is 2. The van der Waals surface area contributed by atoms with Crippen LogP contribution in [0.4, 0.5) is 18.9 Å². The Bertz CT molecular complexity index is 467. The van der Waals surface area contributed by atoms with Gasteiger partial charge in [-0.2, -0.15) is 13.2 Å². The van der Waals surface area contributed by atoms with Crippen molar-refractivity contribution in [2.24, 2.45) is 0 Å². The number of nitrogens with zero attached hydrogens (tertiary/aromatic N) is 1. The molecule has 1 saturated heterocycles. The van der Waals surface area contributed by atoms with E-state index in [1.54, 1.807) is 0 Å². The van der Waals surface area contributed by atoms with Gasteiger partial charge in [0.05, 0.1) is 5.02 Å². The van der Waals surface area contributed by atoms with E-state index >= 15 is 0 Å². The van der Waals surface area contributed by atoms with Crippen LogP contribution in [-0.4, -0.2) is 25.0 Å². The lowest BCUT2D eigenvalue weighted by atomic mass is 10.1. The highest BCUT2D eigenvalue weighted by atomic mass is 35.5. The van der Waals surface area contributed by atoms with E-state index in [2.05, 4.69) is 0 Å². The Kier molecular flexibility index (Phi) is 3.52. The molecule has 0 spiro atoms. The Morgan fingerprint density at radius 3 is 2.33 bits per heavy atom. The SMILES string of the molecule is O=C(c1ccc(N2CCCC2)cc1Cl)C(F)(F)F. The fourth-order valence-electron chi connectivity index (χ4n) is 2.01. The minimum atomic E-state index is -4.89. The monoisotopic (exact) mass is 277 g/mol. The molecule has 0 bridgehead atoms. The van der Waals surface area contributed by atoms with Crippen LogP contribution in [0, 0.1) is 0 Å². The van der Waals surface area contributed by atoms with Gasteiger partial charge in [0.15, 0.2) is 0 Å². The lowest BCUT2D eigenvalue weighted by Crippen LogP contribution is -2.23. The second kappa shape index (κ2) is 4.80. The number of benzene rings is 1. The summed E-state index contributed by atoms with van der Waals surface area (Å²) in [5, 5.41) is -0.151. The minimum Gasteiger partial charge on any atom is -0.371 e. The third-order valence-electron chi connectivity index (χ3n) is 2.93. The first-order valence-electron chi connectivity index (χ1n) is 5.55. The molecule has 0 aliphatic carbocycles. The van der Waals surface area contributed by atoms with E-state index in [1.807, 2.05) is 4.90 Å². The van der Waals surface area contributed by atoms with Gasteiger partial charge < -0.3 is 4.90 Å². The molecule has 1 fully saturated rings. The summed E-state index contributed by atoms with van der Waals surface area (Å²) < 4.78 is 36.9. The summed E-state index contributed by atoms with van der Waals surface area (Å²) in [6.45, 7) is 1.73. The van der Waals surface area contributed by atoms with Crippen molar-refractivity contribution >= 4 is 23.1 Å². The first kappa shape index (κ1) is 13.2. The van der Waals surface area contributed by atoms with Crippen LogP contribution in [-0.2, 0) is 0 Å². The molecule has 0 radical (unpaired) electrons. The Morgan fingerprint density at radius 1 is 1.22 bits per heavy atom. The van der Waals surface area contributed by atoms with Crippen LogP contribution in [0.25, 0.3) is 0 Å². The molecule has 1 aromatic rings. The molecule has 1 aromatic carbocycles. The highest BCUT2D eigenvalue weighted by molar-refractivity contribution is 6.34. The summed E-state index contributed by atoms with van der Waals surface area (Å²) in [5.41, 5.74) is 0.267. The topological polar surface area (TPSA) is 20.3 Å². The Balaban J connectivity index is 2.27. The summed E-state index contributed by atoms with van der Waals surface area (Å²) in [6.07, 6.45) is -2.78. The molecular weight excluding hydrogens is 267 g/mol. The standard InChI is InChI=1S/C12H11ClF3NO/c13-10-7-8(17-5-1-2-6-17)3-4-9(10)11(18)12(14,15)16/h3-4,7H,1-2,5-6H2. The number of carbonyl (C=O) groups is 1. The highest BCUT2D eigenvalue weighted by Crippen LogP contribution is 2.30. The van der Waals surface area contributed by atoms with E-state index in [9.17, 15) is 18.0 Å². The number of hydrogen-bond donors (Lipinski definition) is 0. The first-order chi connectivity index (χ1) is 8.39. The predicted octanol–water partition coefficient (Wildman–Crippen LogP) is 3.69. The molecule has 0 saturated carbocycles. The predicted molar refractivity (Wildman–Crippen MR) is 63.3 cm³/mol. The van der Waals surface area contributed by atoms with Crippen molar-refractivity contribution < 1.29 is 18.0 Å². The van der Waals surface area contributed by atoms with Crippen molar-refractivity contribution in [3.8, 4) is 0 Å². The van der Waals surface area contributed by atoms with Crippen LogP contribution in [0.3, 0.4) is 0 Å². The van der Waals surface area contributed by atoms with E-state index in [1.165, 1.54) is 12.1 Å². The van der Waals surface area contributed by atoms with Gasteiger partial charge in [-0.3, -0.25) is 4.79 Å². The molecule has 18 heavy (non-hydrogen) atoms. The maximum Gasteiger partial charge on any atom is 0.454 e. The molecule has 0 N–H and O–H groups in total. The van der Waals surface area contributed by atoms with E-state index in [4.69, 9.17) is 11.6 Å². The zero-order valence-electron chi connectivity index (χ0n) is 9.43. The Morgan fingerprint density at radius 2 is 1.83 bits per heavy atom. The average Bonchev–Trinajstić information content (AvgIpc) is 2.80. The molecule has 2 rings (SSSR count). The number of Topliss-reactive ketones (excluding diaryl/α,β-unsaturated/α-hetero) is 1. The van der Waals surface area contributed by atoms with Gasteiger partial charge in [0, 0.05) is 24.3 Å². The maximum atomic E-state index is 12.3. The summed E-state index contributed by atoms with van der Waals surface area (Å²) in [4.78, 5) is 13.1. The van der Waals surface area contributed by atoms with Crippen LogP contribution in [0.1, 0.15) is 23.2 Å². The van der Waals surface area contributed by atoms with Crippen molar-refractivity contribution in [2.45, 2.75) is 19.0 Å². The van der Waals surface area contributed by atoms with E-state index in [-0.39, 0.29) is 5.02 Å². The number of rotatable bonds is 2. The highest BCUT2D eigenvalue weighted by Gasteiger charge is 2.40. The van der Waals surface area contributed by atoms with Crippen LogP contribution in [0.15, 0.2) is 18.2 Å². The fourth-order valence-corrected chi connectivity index (χ4v) is 2.27. The molecule has 6 heteroatoms. The third-order valence-corrected chi connectivity index (χ3v) is 3.24. The zero-order valence-corrected chi connectivity index (χ0v) is 10.2.